The van der Waals surface area contributed by atoms with Crippen molar-refractivity contribution in [3.8, 4) is 11.3 Å². The molecule has 0 aliphatic carbocycles. The summed E-state index contributed by atoms with van der Waals surface area (Å²) < 4.78 is 0. The Bertz CT molecular complexity index is 603. The van der Waals surface area contributed by atoms with E-state index in [2.05, 4.69) is 55.1 Å². The number of hydrogen-bond donors (Lipinski definition) is 1. The molecule has 3 heteroatoms. The Hall–Kier alpha value is -1.90. The Balaban J connectivity index is 2.55. The molecule has 3 nitrogen and oxygen atoms in total. The number of aryl methyl sites for hydroxylation is 4. The van der Waals surface area contributed by atoms with Crippen molar-refractivity contribution < 1.29 is 0 Å². The lowest BCUT2D eigenvalue weighted by atomic mass is 9.98. The van der Waals surface area contributed by atoms with Gasteiger partial charge in [-0.3, -0.25) is 0 Å². The molecule has 2 aromatic rings. The summed E-state index contributed by atoms with van der Waals surface area (Å²) in [5, 5.41) is 3.25. The van der Waals surface area contributed by atoms with Gasteiger partial charge in [0.1, 0.15) is 11.6 Å². The van der Waals surface area contributed by atoms with Crippen LogP contribution in [0.15, 0.2) is 18.2 Å². The molecule has 1 aromatic heterocycles. The largest absolute Gasteiger partial charge is 0.370 e. The molecule has 0 saturated heterocycles. The van der Waals surface area contributed by atoms with Crippen molar-refractivity contribution in [2.75, 3.05) is 11.9 Å². The minimum atomic E-state index is 0.797. The zero-order valence-corrected chi connectivity index (χ0v) is 12.3. The van der Waals surface area contributed by atoms with Gasteiger partial charge in [0.25, 0.3) is 0 Å². The van der Waals surface area contributed by atoms with E-state index in [0.717, 1.165) is 23.9 Å². The fourth-order valence-electron chi connectivity index (χ4n) is 2.21. The van der Waals surface area contributed by atoms with E-state index in [0.29, 0.717) is 0 Å². The van der Waals surface area contributed by atoms with Crippen LogP contribution in [0.25, 0.3) is 11.3 Å². The molecule has 0 bridgehead atoms. The van der Waals surface area contributed by atoms with Crippen LogP contribution in [0.5, 0.6) is 0 Å². The van der Waals surface area contributed by atoms with E-state index >= 15 is 0 Å². The lowest BCUT2D eigenvalue weighted by Gasteiger charge is -2.11. The van der Waals surface area contributed by atoms with Crippen LogP contribution in [0, 0.1) is 27.7 Å². The minimum Gasteiger partial charge on any atom is -0.370 e. The molecule has 1 N–H and O–H groups in total. The number of hydrogen-bond acceptors (Lipinski definition) is 3. The topological polar surface area (TPSA) is 37.8 Å². The van der Waals surface area contributed by atoms with Crippen LogP contribution < -0.4 is 5.32 Å². The van der Waals surface area contributed by atoms with Gasteiger partial charge in [-0.05, 0) is 57.4 Å². The summed E-state index contributed by atoms with van der Waals surface area (Å²) in [5.41, 5.74) is 6.04. The monoisotopic (exact) mass is 255 g/mol. The van der Waals surface area contributed by atoms with E-state index in [4.69, 9.17) is 0 Å². The van der Waals surface area contributed by atoms with Gasteiger partial charge in [0, 0.05) is 18.2 Å². The Morgan fingerprint density at radius 1 is 0.895 bits per heavy atom. The predicted octanol–water partition coefficient (Wildman–Crippen LogP) is 3.81. The Morgan fingerprint density at radius 2 is 1.58 bits per heavy atom. The van der Waals surface area contributed by atoms with E-state index in [-0.39, 0.29) is 0 Å². The molecule has 0 saturated carbocycles. The van der Waals surface area contributed by atoms with E-state index in [1.165, 1.54) is 22.3 Å². The molecule has 0 aliphatic rings. The van der Waals surface area contributed by atoms with Gasteiger partial charge >= 0.3 is 0 Å². The zero-order chi connectivity index (χ0) is 14.0. The van der Waals surface area contributed by atoms with Crippen LogP contribution in [0.3, 0.4) is 0 Å². The van der Waals surface area contributed by atoms with Gasteiger partial charge in [-0.15, -0.1) is 0 Å². The van der Waals surface area contributed by atoms with Gasteiger partial charge in [-0.25, -0.2) is 9.97 Å². The Labute approximate surface area is 115 Å². The van der Waals surface area contributed by atoms with Crippen LogP contribution in [0.2, 0.25) is 0 Å². The second-order valence-electron chi connectivity index (χ2n) is 4.97. The third-order valence-corrected chi connectivity index (χ3v) is 3.31. The van der Waals surface area contributed by atoms with Crippen molar-refractivity contribution in [2.24, 2.45) is 0 Å². The summed E-state index contributed by atoms with van der Waals surface area (Å²) in [6.07, 6.45) is 0. The summed E-state index contributed by atoms with van der Waals surface area (Å²) in [4.78, 5) is 8.96. The van der Waals surface area contributed by atoms with Crippen LogP contribution in [0.4, 0.5) is 5.82 Å². The van der Waals surface area contributed by atoms with Crippen molar-refractivity contribution in [3.63, 3.8) is 0 Å². The maximum Gasteiger partial charge on any atom is 0.130 e. The lowest BCUT2D eigenvalue weighted by molar-refractivity contribution is 1.04. The summed E-state index contributed by atoms with van der Waals surface area (Å²) in [6, 6.07) is 6.45. The molecule has 0 fully saturated rings. The third kappa shape index (κ3) is 2.92. The fraction of sp³-hybridized carbons (Fsp3) is 0.375. The van der Waals surface area contributed by atoms with Crippen molar-refractivity contribution in [2.45, 2.75) is 34.6 Å². The van der Waals surface area contributed by atoms with Gasteiger partial charge in [0.2, 0.25) is 0 Å². The number of aromatic nitrogens is 2. The minimum absolute atomic E-state index is 0.797. The van der Waals surface area contributed by atoms with E-state index in [1.54, 1.807) is 0 Å². The second-order valence-corrected chi connectivity index (χ2v) is 4.97. The first kappa shape index (κ1) is 13.5. The van der Waals surface area contributed by atoms with Crippen LogP contribution >= 0.6 is 0 Å². The normalized spacial score (nSPS) is 10.6. The molecule has 0 spiro atoms. The quantitative estimate of drug-likeness (QED) is 0.906. The van der Waals surface area contributed by atoms with E-state index < -0.39 is 0 Å². The van der Waals surface area contributed by atoms with E-state index in [1.807, 2.05) is 13.0 Å². The number of benzene rings is 1. The number of anilines is 1. The maximum atomic E-state index is 4.57. The highest BCUT2D eigenvalue weighted by molar-refractivity contribution is 5.67. The van der Waals surface area contributed by atoms with Crippen LogP contribution in [-0.4, -0.2) is 16.5 Å². The van der Waals surface area contributed by atoms with Crippen molar-refractivity contribution in [1.82, 2.24) is 9.97 Å². The standard InChI is InChI=1S/C16H21N3/c1-6-17-16-9-15(18-13(5)19-16)14-8-11(3)10(2)7-12(14)4/h7-9H,6H2,1-5H3,(H,17,18,19). The van der Waals surface area contributed by atoms with E-state index in [9.17, 15) is 0 Å². The van der Waals surface area contributed by atoms with Crippen molar-refractivity contribution >= 4 is 5.82 Å². The highest BCUT2D eigenvalue weighted by Gasteiger charge is 2.08. The average molecular weight is 255 g/mol. The molecule has 1 aromatic carbocycles. The molecular weight excluding hydrogens is 234 g/mol. The van der Waals surface area contributed by atoms with Crippen LogP contribution in [-0.2, 0) is 0 Å². The molecule has 2 rings (SSSR count). The maximum absolute atomic E-state index is 4.57. The predicted molar refractivity (Wildman–Crippen MR) is 80.6 cm³/mol. The molecule has 100 valence electrons. The van der Waals surface area contributed by atoms with Crippen molar-refractivity contribution in [1.29, 1.82) is 0 Å². The number of rotatable bonds is 3. The summed E-state index contributed by atoms with van der Waals surface area (Å²) in [5.74, 6) is 1.69. The SMILES string of the molecule is CCNc1cc(-c2cc(C)c(C)cc2C)nc(C)n1. The van der Waals surface area contributed by atoms with Crippen LogP contribution in [0.1, 0.15) is 29.4 Å². The van der Waals surface area contributed by atoms with Gasteiger partial charge in [0.15, 0.2) is 0 Å². The molecule has 0 unspecified atom stereocenters. The average Bonchev–Trinajstić information content (AvgIpc) is 2.33. The highest BCUT2D eigenvalue weighted by Crippen LogP contribution is 2.26. The zero-order valence-electron chi connectivity index (χ0n) is 12.3. The first-order valence-electron chi connectivity index (χ1n) is 6.69. The Morgan fingerprint density at radius 3 is 2.26 bits per heavy atom. The summed E-state index contributed by atoms with van der Waals surface area (Å²) in [7, 11) is 0. The molecule has 0 radical (unpaired) electrons. The molecule has 19 heavy (non-hydrogen) atoms. The fourth-order valence-corrected chi connectivity index (χ4v) is 2.21. The molecule has 0 amide bonds. The molecule has 1 heterocycles. The first-order chi connectivity index (χ1) is 9.01. The number of nitrogens with zero attached hydrogens (tertiary/aromatic N) is 2. The summed E-state index contributed by atoms with van der Waals surface area (Å²) >= 11 is 0. The van der Waals surface area contributed by atoms with Crippen molar-refractivity contribution in [3.05, 3.63) is 40.7 Å². The number of nitrogens with one attached hydrogen (secondary N) is 1. The first-order valence-corrected chi connectivity index (χ1v) is 6.69. The molecule has 0 atom stereocenters. The summed E-state index contributed by atoms with van der Waals surface area (Å²) in [6.45, 7) is 11.3. The smallest absolute Gasteiger partial charge is 0.130 e. The third-order valence-electron chi connectivity index (χ3n) is 3.31. The Kier molecular flexibility index (Phi) is 3.84. The molecule has 0 aliphatic heterocycles. The lowest BCUT2D eigenvalue weighted by Crippen LogP contribution is -2.03. The highest BCUT2D eigenvalue weighted by atomic mass is 15.0. The van der Waals surface area contributed by atoms with Gasteiger partial charge in [0.05, 0.1) is 5.69 Å². The van der Waals surface area contributed by atoms with Gasteiger partial charge in [-0.1, -0.05) is 6.07 Å². The van der Waals surface area contributed by atoms with Gasteiger partial charge < -0.3 is 5.32 Å². The molecular formula is C16H21N3. The second kappa shape index (κ2) is 5.39. The van der Waals surface area contributed by atoms with Gasteiger partial charge in [-0.2, -0.15) is 0 Å².